The molecule has 1 saturated heterocycles. The van der Waals surface area contributed by atoms with Crippen LogP contribution in [-0.4, -0.2) is 47.9 Å². The maximum absolute atomic E-state index is 11.7. The first-order valence-electron chi connectivity index (χ1n) is 7.72. The molecule has 0 bridgehead atoms. The number of benzene rings is 1. The third kappa shape index (κ3) is 3.37. The number of nitrogens with two attached hydrogens (primary N) is 1. The number of hydrogen-bond acceptors (Lipinski definition) is 4. The normalized spacial score (nSPS) is 24.6. The van der Waals surface area contributed by atoms with E-state index < -0.39 is 11.6 Å². The fourth-order valence-corrected chi connectivity index (χ4v) is 3.22. The zero-order valence-corrected chi connectivity index (χ0v) is 14.2. The molecule has 2 rings (SSSR count). The standard InChI is InChI=1S/C17H26N2O4/c1-16(2,3)17(9-12(18)10-19(17)15(20)21)11-23-14-7-5-13(22-4)6-8-14/h5-8,12H,9-11,18H2,1-4H3,(H,20,21)/t12-,17+/m1/s1. The van der Waals surface area contributed by atoms with E-state index in [0.717, 1.165) is 5.75 Å². The molecule has 0 unspecified atom stereocenters. The second-order valence-corrected chi connectivity index (χ2v) is 7.10. The molecule has 6 heteroatoms. The van der Waals surface area contributed by atoms with Gasteiger partial charge < -0.3 is 20.3 Å². The Balaban J connectivity index is 2.23. The second-order valence-electron chi connectivity index (χ2n) is 7.10. The predicted molar refractivity (Wildman–Crippen MR) is 88.0 cm³/mol. The SMILES string of the molecule is COc1ccc(OC[C@]2(C(C)(C)C)C[C@@H](N)CN2C(=O)O)cc1. The van der Waals surface area contributed by atoms with Crippen LogP contribution in [0.15, 0.2) is 24.3 Å². The molecule has 1 amide bonds. The minimum absolute atomic E-state index is 0.176. The van der Waals surface area contributed by atoms with Gasteiger partial charge in [-0.1, -0.05) is 20.8 Å². The zero-order valence-electron chi connectivity index (χ0n) is 14.2. The lowest BCUT2D eigenvalue weighted by atomic mass is 9.72. The lowest BCUT2D eigenvalue weighted by Crippen LogP contribution is -2.58. The van der Waals surface area contributed by atoms with Gasteiger partial charge in [-0.15, -0.1) is 0 Å². The van der Waals surface area contributed by atoms with E-state index in [-0.39, 0.29) is 18.1 Å². The Hall–Kier alpha value is -1.95. The number of carboxylic acid groups (broad SMARTS) is 1. The number of amides is 1. The highest BCUT2D eigenvalue weighted by Gasteiger charge is 2.55. The topological polar surface area (TPSA) is 85.0 Å². The summed E-state index contributed by atoms with van der Waals surface area (Å²) >= 11 is 0. The lowest BCUT2D eigenvalue weighted by Gasteiger charge is -2.46. The Labute approximate surface area is 137 Å². The van der Waals surface area contributed by atoms with Crippen LogP contribution in [0.5, 0.6) is 11.5 Å². The Morgan fingerprint density at radius 1 is 1.35 bits per heavy atom. The number of carbonyl (C=O) groups is 1. The quantitative estimate of drug-likeness (QED) is 0.890. The van der Waals surface area contributed by atoms with E-state index >= 15 is 0 Å². The van der Waals surface area contributed by atoms with Gasteiger partial charge in [0.1, 0.15) is 18.1 Å². The molecular weight excluding hydrogens is 296 g/mol. The Morgan fingerprint density at radius 3 is 2.39 bits per heavy atom. The Morgan fingerprint density at radius 2 is 1.91 bits per heavy atom. The number of methoxy groups -OCH3 is 1. The average Bonchev–Trinajstić information content (AvgIpc) is 2.84. The van der Waals surface area contributed by atoms with Crippen LogP contribution in [0.4, 0.5) is 4.79 Å². The van der Waals surface area contributed by atoms with Crippen LogP contribution < -0.4 is 15.2 Å². The molecule has 0 spiro atoms. The summed E-state index contributed by atoms with van der Waals surface area (Å²) in [5.41, 5.74) is 5.11. The molecule has 1 aromatic carbocycles. The fraction of sp³-hybridized carbons (Fsp3) is 0.588. The van der Waals surface area contributed by atoms with Crippen molar-refractivity contribution in [3.05, 3.63) is 24.3 Å². The molecule has 128 valence electrons. The number of rotatable bonds is 4. The number of likely N-dealkylation sites (tertiary alicyclic amines) is 1. The largest absolute Gasteiger partial charge is 0.497 e. The van der Waals surface area contributed by atoms with Crippen molar-refractivity contribution in [3.8, 4) is 11.5 Å². The summed E-state index contributed by atoms with van der Waals surface area (Å²) in [5.74, 6) is 1.43. The van der Waals surface area contributed by atoms with Gasteiger partial charge in [-0.05, 0) is 36.1 Å². The van der Waals surface area contributed by atoms with Gasteiger partial charge in [0, 0.05) is 12.6 Å². The highest BCUT2D eigenvalue weighted by atomic mass is 16.5. The van der Waals surface area contributed by atoms with E-state index in [1.807, 2.05) is 45.0 Å². The highest BCUT2D eigenvalue weighted by molar-refractivity contribution is 5.67. The van der Waals surface area contributed by atoms with Gasteiger partial charge in [0.2, 0.25) is 0 Å². The molecule has 1 fully saturated rings. The first kappa shape index (κ1) is 17.4. The van der Waals surface area contributed by atoms with E-state index in [0.29, 0.717) is 18.7 Å². The maximum Gasteiger partial charge on any atom is 0.407 e. The number of nitrogens with zero attached hydrogens (tertiary/aromatic N) is 1. The van der Waals surface area contributed by atoms with Gasteiger partial charge in [0.05, 0.1) is 12.6 Å². The minimum Gasteiger partial charge on any atom is -0.497 e. The summed E-state index contributed by atoms with van der Waals surface area (Å²) in [6.45, 7) is 6.68. The van der Waals surface area contributed by atoms with Crippen LogP contribution in [0.3, 0.4) is 0 Å². The third-order valence-electron chi connectivity index (χ3n) is 4.70. The van der Waals surface area contributed by atoms with E-state index in [1.54, 1.807) is 7.11 Å². The molecule has 1 heterocycles. The van der Waals surface area contributed by atoms with Gasteiger partial charge in [0.15, 0.2) is 0 Å². The Kier molecular flexibility index (Phi) is 4.75. The molecular formula is C17H26N2O4. The molecule has 1 aliphatic rings. The molecule has 6 nitrogen and oxygen atoms in total. The van der Waals surface area contributed by atoms with Crippen LogP contribution in [0.2, 0.25) is 0 Å². The summed E-state index contributed by atoms with van der Waals surface area (Å²) in [6.07, 6.45) is -0.370. The van der Waals surface area contributed by atoms with Gasteiger partial charge in [-0.2, -0.15) is 0 Å². The number of ether oxygens (including phenoxy) is 2. The summed E-state index contributed by atoms with van der Waals surface area (Å²) in [6, 6.07) is 7.08. The van der Waals surface area contributed by atoms with Crippen LogP contribution >= 0.6 is 0 Å². The summed E-state index contributed by atoms with van der Waals surface area (Å²) in [4.78, 5) is 13.1. The smallest absolute Gasteiger partial charge is 0.407 e. The predicted octanol–water partition coefficient (Wildman–Crippen LogP) is 2.57. The van der Waals surface area contributed by atoms with E-state index in [2.05, 4.69) is 0 Å². The summed E-state index contributed by atoms with van der Waals surface area (Å²) < 4.78 is 11.1. The number of hydrogen-bond donors (Lipinski definition) is 2. The molecule has 1 aliphatic heterocycles. The maximum atomic E-state index is 11.7. The van der Waals surface area contributed by atoms with Crippen molar-refractivity contribution >= 4 is 6.09 Å². The fourth-order valence-electron chi connectivity index (χ4n) is 3.22. The minimum atomic E-state index is -0.953. The Bertz CT molecular complexity index is 553. The molecule has 23 heavy (non-hydrogen) atoms. The second kappa shape index (κ2) is 6.28. The third-order valence-corrected chi connectivity index (χ3v) is 4.70. The van der Waals surface area contributed by atoms with Crippen molar-refractivity contribution < 1.29 is 19.4 Å². The van der Waals surface area contributed by atoms with Gasteiger partial charge in [-0.3, -0.25) is 4.90 Å². The van der Waals surface area contributed by atoms with Crippen molar-refractivity contribution in [1.82, 2.24) is 4.90 Å². The molecule has 0 aliphatic carbocycles. The first-order chi connectivity index (χ1) is 10.7. The molecule has 0 radical (unpaired) electrons. The molecule has 2 atom stereocenters. The van der Waals surface area contributed by atoms with Gasteiger partial charge >= 0.3 is 6.09 Å². The van der Waals surface area contributed by atoms with Crippen LogP contribution in [-0.2, 0) is 0 Å². The van der Waals surface area contributed by atoms with Crippen LogP contribution in [0.1, 0.15) is 27.2 Å². The van der Waals surface area contributed by atoms with E-state index in [1.165, 1.54) is 4.90 Å². The van der Waals surface area contributed by atoms with Crippen molar-refractivity contribution in [2.24, 2.45) is 11.1 Å². The van der Waals surface area contributed by atoms with Crippen molar-refractivity contribution in [1.29, 1.82) is 0 Å². The van der Waals surface area contributed by atoms with Crippen molar-refractivity contribution in [2.45, 2.75) is 38.8 Å². The average molecular weight is 322 g/mol. The van der Waals surface area contributed by atoms with Gasteiger partial charge in [0.25, 0.3) is 0 Å². The molecule has 0 aromatic heterocycles. The molecule has 1 aromatic rings. The van der Waals surface area contributed by atoms with E-state index in [4.69, 9.17) is 15.2 Å². The van der Waals surface area contributed by atoms with Crippen LogP contribution in [0, 0.1) is 5.41 Å². The summed E-state index contributed by atoms with van der Waals surface area (Å²) in [5, 5.41) is 9.59. The molecule has 3 N–H and O–H groups in total. The van der Waals surface area contributed by atoms with E-state index in [9.17, 15) is 9.90 Å². The van der Waals surface area contributed by atoms with Crippen molar-refractivity contribution in [2.75, 3.05) is 20.3 Å². The van der Waals surface area contributed by atoms with Crippen LogP contribution in [0.25, 0.3) is 0 Å². The lowest BCUT2D eigenvalue weighted by molar-refractivity contribution is -0.00376. The summed E-state index contributed by atoms with van der Waals surface area (Å²) in [7, 11) is 1.61. The molecule has 0 saturated carbocycles. The van der Waals surface area contributed by atoms with Crippen molar-refractivity contribution in [3.63, 3.8) is 0 Å². The first-order valence-corrected chi connectivity index (χ1v) is 7.72. The zero-order chi connectivity index (χ0) is 17.3. The van der Waals surface area contributed by atoms with Gasteiger partial charge in [-0.25, -0.2) is 4.79 Å². The highest BCUT2D eigenvalue weighted by Crippen LogP contribution is 2.43. The monoisotopic (exact) mass is 322 g/mol.